The molecule has 2 heterocycles. The van der Waals surface area contributed by atoms with Crippen LogP contribution in [0.1, 0.15) is 19.3 Å². The number of aliphatic hydroxyl groups is 1. The van der Waals surface area contributed by atoms with Crippen LogP contribution in [0.2, 0.25) is 0 Å². The smallest absolute Gasteiger partial charge is 0.108 e. The maximum absolute atomic E-state index is 8.95. The lowest BCUT2D eigenvalue weighted by atomic mass is 9.99. The van der Waals surface area contributed by atoms with E-state index in [9.17, 15) is 0 Å². The van der Waals surface area contributed by atoms with Gasteiger partial charge in [0, 0.05) is 40.2 Å². The van der Waals surface area contributed by atoms with Crippen LogP contribution in [0, 0.1) is 0 Å². The van der Waals surface area contributed by atoms with E-state index in [-0.39, 0.29) is 0 Å². The number of unbranched alkanes of at least 4 members (excludes halogenated alkanes) is 2. The Morgan fingerprint density at radius 3 is 2.00 bits per heavy atom. The lowest BCUT2D eigenvalue weighted by molar-refractivity contribution is -0.748. The van der Waals surface area contributed by atoms with E-state index in [1.807, 2.05) is 0 Å². The van der Waals surface area contributed by atoms with Gasteiger partial charge in [-0.05, 0) is 41.8 Å². The number of nitrogens with one attached hydrogen (secondary N) is 1. The van der Waals surface area contributed by atoms with Gasteiger partial charge >= 0.3 is 0 Å². The Morgan fingerprint density at radius 2 is 1.39 bits per heavy atom. The van der Waals surface area contributed by atoms with Crippen LogP contribution in [0.15, 0.2) is 24.3 Å². The van der Waals surface area contributed by atoms with Crippen molar-refractivity contribution in [1.29, 1.82) is 0 Å². The van der Waals surface area contributed by atoms with Crippen LogP contribution >= 0.6 is 0 Å². The van der Waals surface area contributed by atoms with Gasteiger partial charge in [-0.2, -0.15) is 0 Å². The van der Waals surface area contributed by atoms with Crippen molar-refractivity contribution in [1.82, 2.24) is 5.32 Å². The molecule has 0 aliphatic carbocycles. The molecule has 0 spiro atoms. The van der Waals surface area contributed by atoms with Gasteiger partial charge in [-0.3, -0.25) is 4.48 Å². The largest absolute Gasteiger partial charge is 0.396 e. The Labute approximate surface area is 135 Å². The molecule has 0 amide bonds. The van der Waals surface area contributed by atoms with E-state index >= 15 is 0 Å². The van der Waals surface area contributed by atoms with Crippen LogP contribution in [-0.4, -0.2) is 29.8 Å². The molecule has 2 N–H and O–H groups in total. The van der Waals surface area contributed by atoms with Crippen molar-refractivity contribution in [2.75, 3.05) is 20.2 Å². The van der Waals surface area contributed by atoms with Crippen molar-refractivity contribution in [3.63, 3.8) is 0 Å². The summed E-state index contributed by atoms with van der Waals surface area (Å²) >= 11 is 0. The van der Waals surface area contributed by atoms with E-state index in [0.717, 1.165) is 30.3 Å². The number of aliphatic hydroxyl groups excluding tert-OH is 1. The highest BCUT2D eigenvalue weighted by Crippen LogP contribution is 2.13. The molecule has 0 aromatic heterocycles. The maximum atomic E-state index is 8.95. The van der Waals surface area contributed by atoms with Crippen LogP contribution in [-0.2, 0) is 0 Å². The van der Waals surface area contributed by atoms with Gasteiger partial charge < -0.3 is 10.4 Å². The van der Waals surface area contributed by atoms with Gasteiger partial charge in [0.15, 0.2) is 0 Å². The minimum Gasteiger partial charge on any atom is -0.396 e. The third kappa shape index (κ3) is 2.46. The summed E-state index contributed by atoms with van der Waals surface area (Å²) in [6, 6.07) is 8.91. The molecular formula is C20H23N2O+. The standard InChI is InChI=1S/C20H23N2O/c1-22(9-3-2-4-10-23)13-17-7-5-15-11-21-12-16-6-8-18(14-22)20(17)19(15)16/h5-8,11-14,21,23H,2-4,9-10H2,1H3/q+1. The van der Waals surface area contributed by atoms with Gasteiger partial charge in [0.05, 0.1) is 13.6 Å². The summed E-state index contributed by atoms with van der Waals surface area (Å²) in [5.41, 5.74) is 0. The molecule has 0 unspecified atom stereocenters. The van der Waals surface area contributed by atoms with E-state index < -0.39 is 0 Å². The van der Waals surface area contributed by atoms with Crippen LogP contribution in [0.4, 0.5) is 0 Å². The lowest BCUT2D eigenvalue weighted by Crippen LogP contribution is -2.42. The number of benzene rings is 2. The summed E-state index contributed by atoms with van der Waals surface area (Å²) in [5.74, 6) is 0. The van der Waals surface area contributed by atoms with E-state index in [4.69, 9.17) is 5.11 Å². The zero-order chi connectivity index (χ0) is 15.9. The molecule has 3 nitrogen and oxygen atoms in total. The van der Waals surface area contributed by atoms with E-state index in [1.54, 1.807) is 0 Å². The molecule has 23 heavy (non-hydrogen) atoms. The first-order chi connectivity index (χ1) is 11.2. The fraction of sp³-hybridized carbons (Fsp3) is 0.300. The normalized spacial score (nSPS) is 16.6. The number of quaternary nitrogens is 1. The Morgan fingerprint density at radius 1 is 0.826 bits per heavy atom. The Hall–Kier alpha value is -2.10. The predicted octanol–water partition coefficient (Wildman–Crippen LogP) is 0.0178. The topological polar surface area (TPSA) is 32.3 Å². The summed E-state index contributed by atoms with van der Waals surface area (Å²) in [6.07, 6.45) is 12.0. The molecule has 2 aliphatic rings. The summed E-state index contributed by atoms with van der Waals surface area (Å²) in [7, 11) is 2.27. The Kier molecular flexibility index (Phi) is 3.47. The number of nitrogens with zero attached hydrogens (tertiary/aromatic N) is 1. The maximum Gasteiger partial charge on any atom is 0.108 e. The average Bonchev–Trinajstić information content (AvgIpc) is 2.56. The number of rotatable bonds is 5. The van der Waals surface area contributed by atoms with Crippen molar-refractivity contribution in [3.05, 3.63) is 45.1 Å². The molecule has 0 bridgehead atoms. The average molecular weight is 307 g/mol. The van der Waals surface area contributed by atoms with E-state index in [2.05, 4.69) is 61.4 Å². The zero-order valence-corrected chi connectivity index (χ0v) is 13.5. The molecule has 118 valence electrons. The highest BCUT2D eigenvalue weighted by Gasteiger charge is 2.20. The summed E-state index contributed by atoms with van der Waals surface area (Å²) in [5, 5.41) is 20.1. The van der Waals surface area contributed by atoms with Gasteiger partial charge in [0.25, 0.3) is 0 Å². The third-order valence-corrected chi connectivity index (χ3v) is 4.93. The predicted molar refractivity (Wildman–Crippen MR) is 95.4 cm³/mol. The minimum atomic E-state index is 0.297. The molecule has 2 aromatic carbocycles. The van der Waals surface area contributed by atoms with Gasteiger partial charge in [0.1, 0.15) is 12.4 Å². The van der Waals surface area contributed by atoms with Crippen LogP contribution in [0.25, 0.3) is 35.6 Å². The fourth-order valence-corrected chi connectivity index (χ4v) is 3.82. The molecule has 0 radical (unpaired) electrons. The molecule has 0 saturated carbocycles. The van der Waals surface area contributed by atoms with Crippen molar-refractivity contribution in [3.8, 4) is 0 Å². The highest BCUT2D eigenvalue weighted by molar-refractivity contribution is 5.88. The Balaban J connectivity index is 1.86. The van der Waals surface area contributed by atoms with Crippen LogP contribution < -0.4 is 26.2 Å². The monoisotopic (exact) mass is 307 g/mol. The van der Waals surface area contributed by atoms with Crippen LogP contribution in [0.5, 0.6) is 0 Å². The SMILES string of the molecule is C[N+]1(CCCCCO)C=c2ccc3c4c(ccc(c24)=C1)=CNC=3. The molecule has 4 rings (SSSR count). The quantitative estimate of drug-likeness (QED) is 0.603. The van der Waals surface area contributed by atoms with Gasteiger partial charge in [-0.1, -0.05) is 12.1 Å². The number of hydrogen-bond donors (Lipinski definition) is 2. The highest BCUT2D eigenvalue weighted by atomic mass is 16.2. The van der Waals surface area contributed by atoms with Gasteiger partial charge in [-0.15, -0.1) is 0 Å². The first-order valence-corrected chi connectivity index (χ1v) is 8.40. The molecule has 2 aliphatic heterocycles. The second-order valence-corrected chi connectivity index (χ2v) is 6.81. The molecule has 3 heteroatoms. The molecular weight excluding hydrogens is 284 g/mol. The van der Waals surface area contributed by atoms with Crippen molar-refractivity contribution in [2.24, 2.45) is 0 Å². The zero-order valence-electron chi connectivity index (χ0n) is 13.5. The second kappa shape index (κ2) is 5.52. The first-order valence-electron chi connectivity index (χ1n) is 8.40. The first kappa shape index (κ1) is 14.5. The molecule has 0 saturated heterocycles. The van der Waals surface area contributed by atoms with Crippen molar-refractivity contribution in [2.45, 2.75) is 19.3 Å². The van der Waals surface area contributed by atoms with Crippen molar-refractivity contribution >= 4 is 35.6 Å². The number of hydrogen-bond acceptors (Lipinski definition) is 2. The summed E-state index contributed by atoms with van der Waals surface area (Å²) in [4.78, 5) is 0. The summed E-state index contributed by atoms with van der Waals surface area (Å²) < 4.78 is 0.831. The lowest BCUT2D eigenvalue weighted by Gasteiger charge is -2.28. The molecule has 0 atom stereocenters. The molecule has 2 aromatic rings. The van der Waals surface area contributed by atoms with E-state index in [0.29, 0.717) is 6.61 Å². The summed E-state index contributed by atoms with van der Waals surface area (Å²) in [6.45, 7) is 1.37. The van der Waals surface area contributed by atoms with Crippen molar-refractivity contribution < 1.29 is 9.59 Å². The molecule has 0 fully saturated rings. The Bertz CT molecular complexity index is 936. The van der Waals surface area contributed by atoms with Gasteiger partial charge in [-0.25, -0.2) is 0 Å². The fourth-order valence-electron chi connectivity index (χ4n) is 3.82. The van der Waals surface area contributed by atoms with E-state index in [1.165, 1.54) is 31.6 Å². The third-order valence-electron chi connectivity index (χ3n) is 4.93. The van der Waals surface area contributed by atoms with Gasteiger partial charge in [0.2, 0.25) is 0 Å². The second-order valence-electron chi connectivity index (χ2n) is 6.81. The van der Waals surface area contributed by atoms with Crippen LogP contribution in [0.3, 0.4) is 0 Å². The minimum absolute atomic E-state index is 0.297.